The molecule has 1 atom stereocenters. The summed E-state index contributed by atoms with van der Waals surface area (Å²) in [5.74, 6) is 0.969. The van der Waals surface area contributed by atoms with Crippen LogP contribution < -0.4 is 10.5 Å². The molecule has 4 heteroatoms. The van der Waals surface area contributed by atoms with Crippen LogP contribution in [0.2, 0.25) is 0 Å². The molecule has 2 N–H and O–H groups in total. The van der Waals surface area contributed by atoms with E-state index in [1.165, 1.54) is 31.4 Å². The van der Waals surface area contributed by atoms with Gasteiger partial charge < -0.3 is 10.5 Å². The van der Waals surface area contributed by atoms with E-state index in [1.54, 1.807) is 0 Å². The van der Waals surface area contributed by atoms with Gasteiger partial charge in [-0.15, -0.1) is 12.4 Å². The molecule has 1 saturated heterocycles. The Kier molecular flexibility index (Phi) is 7.21. The van der Waals surface area contributed by atoms with Gasteiger partial charge >= 0.3 is 0 Å². The average Bonchev–Trinajstić information content (AvgIpc) is 2.39. The Morgan fingerprint density at radius 3 is 2.95 bits per heavy atom. The lowest BCUT2D eigenvalue weighted by atomic mass is 10.0. The molecule has 3 nitrogen and oxygen atoms in total. The van der Waals surface area contributed by atoms with Crippen LogP contribution in [0.15, 0.2) is 24.3 Å². The average molecular weight is 285 g/mol. The molecule has 108 valence electrons. The first-order valence-corrected chi connectivity index (χ1v) is 6.93. The third kappa shape index (κ3) is 5.01. The largest absolute Gasteiger partial charge is 0.492 e. The topological polar surface area (TPSA) is 38.5 Å². The van der Waals surface area contributed by atoms with Crippen molar-refractivity contribution in [2.24, 2.45) is 5.73 Å². The number of hydrogen-bond donors (Lipinski definition) is 1. The minimum atomic E-state index is 0. The summed E-state index contributed by atoms with van der Waals surface area (Å²) in [5, 5.41) is 0. The standard InChI is InChI=1S/C15H24N2O.ClH/c1-13-5-4-7-15(11-13)18-10-9-17-8-3-2-6-14(17)12-16;/h4-5,7,11,14H,2-3,6,8-10,12,16H2,1H3;1H. The molecule has 0 bridgehead atoms. The number of nitrogens with two attached hydrogens (primary N) is 1. The van der Waals surface area contributed by atoms with E-state index in [9.17, 15) is 0 Å². The van der Waals surface area contributed by atoms with Gasteiger partial charge in [-0.2, -0.15) is 0 Å². The molecule has 1 aliphatic rings. The van der Waals surface area contributed by atoms with E-state index < -0.39 is 0 Å². The molecule has 1 aromatic rings. The van der Waals surface area contributed by atoms with Gasteiger partial charge in [0, 0.05) is 19.1 Å². The zero-order chi connectivity index (χ0) is 12.8. The lowest BCUT2D eigenvalue weighted by Gasteiger charge is -2.34. The minimum absolute atomic E-state index is 0. The summed E-state index contributed by atoms with van der Waals surface area (Å²) in [6, 6.07) is 8.77. The van der Waals surface area contributed by atoms with Crippen molar-refractivity contribution in [3.63, 3.8) is 0 Å². The first-order chi connectivity index (χ1) is 8.79. The third-order valence-corrected chi connectivity index (χ3v) is 3.66. The summed E-state index contributed by atoms with van der Waals surface area (Å²) in [7, 11) is 0. The fraction of sp³-hybridized carbons (Fsp3) is 0.600. The monoisotopic (exact) mass is 284 g/mol. The van der Waals surface area contributed by atoms with Crippen molar-refractivity contribution in [3.8, 4) is 5.75 Å². The zero-order valence-electron chi connectivity index (χ0n) is 11.7. The predicted molar refractivity (Wildman–Crippen MR) is 82.2 cm³/mol. The van der Waals surface area contributed by atoms with Crippen LogP contribution in [0.1, 0.15) is 24.8 Å². The second-order valence-corrected chi connectivity index (χ2v) is 5.09. The highest BCUT2D eigenvalue weighted by molar-refractivity contribution is 5.85. The third-order valence-electron chi connectivity index (χ3n) is 3.66. The number of rotatable bonds is 5. The highest BCUT2D eigenvalue weighted by Crippen LogP contribution is 2.16. The second kappa shape index (κ2) is 8.41. The molecule has 1 aliphatic heterocycles. The summed E-state index contributed by atoms with van der Waals surface area (Å²) < 4.78 is 5.80. The highest BCUT2D eigenvalue weighted by atomic mass is 35.5. The fourth-order valence-electron chi connectivity index (χ4n) is 2.61. The zero-order valence-corrected chi connectivity index (χ0v) is 12.5. The normalized spacial score (nSPS) is 19.8. The summed E-state index contributed by atoms with van der Waals surface area (Å²) >= 11 is 0. The van der Waals surface area contributed by atoms with Crippen molar-refractivity contribution >= 4 is 12.4 Å². The van der Waals surface area contributed by atoms with Crippen LogP contribution in [0.25, 0.3) is 0 Å². The first-order valence-electron chi connectivity index (χ1n) is 6.93. The molecule has 0 radical (unpaired) electrons. The number of piperidine rings is 1. The van der Waals surface area contributed by atoms with Crippen LogP contribution >= 0.6 is 12.4 Å². The molecule has 0 amide bonds. The van der Waals surface area contributed by atoms with E-state index in [4.69, 9.17) is 10.5 Å². The molecule has 0 spiro atoms. The van der Waals surface area contributed by atoms with Gasteiger partial charge in [0.1, 0.15) is 12.4 Å². The van der Waals surface area contributed by atoms with Crippen molar-refractivity contribution in [1.82, 2.24) is 4.90 Å². The summed E-state index contributed by atoms with van der Waals surface area (Å²) in [5.41, 5.74) is 7.05. The molecular formula is C15H25ClN2O. The molecule has 1 fully saturated rings. The summed E-state index contributed by atoms with van der Waals surface area (Å²) in [6.07, 6.45) is 3.85. The van der Waals surface area contributed by atoms with Gasteiger partial charge in [0.05, 0.1) is 0 Å². The summed E-state index contributed by atoms with van der Waals surface area (Å²) in [4.78, 5) is 2.47. The van der Waals surface area contributed by atoms with Crippen LogP contribution in [0.4, 0.5) is 0 Å². The van der Waals surface area contributed by atoms with Gasteiger partial charge in [-0.3, -0.25) is 4.90 Å². The van der Waals surface area contributed by atoms with Crippen molar-refractivity contribution < 1.29 is 4.74 Å². The Labute approximate surface area is 122 Å². The lowest BCUT2D eigenvalue weighted by molar-refractivity contribution is 0.127. The second-order valence-electron chi connectivity index (χ2n) is 5.09. The first kappa shape index (κ1) is 16.3. The predicted octanol–water partition coefficient (Wildman–Crippen LogP) is 2.61. The SMILES string of the molecule is Cc1cccc(OCCN2CCCCC2CN)c1.Cl. The van der Waals surface area contributed by atoms with E-state index in [0.717, 1.165) is 25.4 Å². The smallest absolute Gasteiger partial charge is 0.119 e. The molecule has 0 saturated carbocycles. The Bertz CT molecular complexity index is 373. The molecule has 1 heterocycles. The Hall–Kier alpha value is -0.770. The molecule has 2 rings (SSSR count). The van der Waals surface area contributed by atoms with Crippen molar-refractivity contribution in [1.29, 1.82) is 0 Å². The van der Waals surface area contributed by atoms with Gasteiger partial charge in [-0.1, -0.05) is 18.6 Å². The molecule has 1 aromatic carbocycles. The number of ether oxygens (including phenoxy) is 1. The van der Waals surface area contributed by atoms with E-state index in [0.29, 0.717) is 6.04 Å². The molecule has 0 aliphatic carbocycles. The van der Waals surface area contributed by atoms with E-state index in [2.05, 4.69) is 24.0 Å². The van der Waals surface area contributed by atoms with E-state index >= 15 is 0 Å². The van der Waals surface area contributed by atoms with E-state index in [1.807, 2.05) is 12.1 Å². The van der Waals surface area contributed by atoms with Gasteiger partial charge in [0.2, 0.25) is 0 Å². The molecule has 1 unspecified atom stereocenters. The van der Waals surface area contributed by atoms with Crippen molar-refractivity contribution in [2.45, 2.75) is 32.2 Å². The molecule has 19 heavy (non-hydrogen) atoms. The van der Waals surface area contributed by atoms with Crippen LogP contribution in [-0.4, -0.2) is 37.2 Å². The van der Waals surface area contributed by atoms with Gasteiger partial charge in [-0.25, -0.2) is 0 Å². The quantitative estimate of drug-likeness (QED) is 0.903. The molecule has 0 aromatic heterocycles. The maximum Gasteiger partial charge on any atom is 0.119 e. The number of aryl methyl sites for hydroxylation is 1. The Balaban J connectivity index is 0.00000180. The number of likely N-dealkylation sites (tertiary alicyclic amines) is 1. The van der Waals surface area contributed by atoms with Crippen LogP contribution in [-0.2, 0) is 0 Å². The minimum Gasteiger partial charge on any atom is -0.492 e. The maximum absolute atomic E-state index is 5.81. The number of hydrogen-bond acceptors (Lipinski definition) is 3. The van der Waals surface area contributed by atoms with Crippen molar-refractivity contribution in [2.75, 3.05) is 26.2 Å². The van der Waals surface area contributed by atoms with Crippen LogP contribution in [0.5, 0.6) is 5.75 Å². The molecular weight excluding hydrogens is 260 g/mol. The van der Waals surface area contributed by atoms with Gasteiger partial charge in [-0.05, 0) is 44.0 Å². The fourth-order valence-corrected chi connectivity index (χ4v) is 2.61. The van der Waals surface area contributed by atoms with Crippen LogP contribution in [0.3, 0.4) is 0 Å². The number of nitrogens with zero attached hydrogens (tertiary/aromatic N) is 1. The Morgan fingerprint density at radius 2 is 2.21 bits per heavy atom. The highest BCUT2D eigenvalue weighted by Gasteiger charge is 2.20. The summed E-state index contributed by atoms with van der Waals surface area (Å²) in [6.45, 7) is 5.75. The van der Waals surface area contributed by atoms with E-state index in [-0.39, 0.29) is 12.4 Å². The van der Waals surface area contributed by atoms with Gasteiger partial charge in [0.25, 0.3) is 0 Å². The maximum atomic E-state index is 5.81. The van der Waals surface area contributed by atoms with Crippen LogP contribution in [0, 0.1) is 6.92 Å². The lowest BCUT2D eigenvalue weighted by Crippen LogP contribution is -2.45. The number of benzene rings is 1. The van der Waals surface area contributed by atoms with Crippen molar-refractivity contribution in [3.05, 3.63) is 29.8 Å². The van der Waals surface area contributed by atoms with Gasteiger partial charge in [0.15, 0.2) is 0 Å². The Morgan fingerprint density at radius 1 is 1.37 bits per heavy atom. The number of halogens is 1.